The van der Waals surface area contributed by atoms with Crippen LogP contribution in [0.2, 0.25) is 0 Å². The molecule has 0 spiro atoms. The summed E-state index contributed by atoms with van der Waals surface area (Å²) >= 11 is 0. The third-order valence-corrected chi connectivity index (χ3v) is 1.97. The largest absolute Gasteiger partial charge is 0.488 e. The fourth-order valence-corrected chi connectivity index (χ4v) is 1.30. The van der Waals surface area contributed by atoms with Crippen LogP contribution in [-0.4, -0.2) is 26.9 Å². The summed E-state index contributed by atoms with van der Waals surface area (Å²) in [7, 11) is -1.69. The van der Waals surface area contributed by atoms with Gasteiger partial charge >= 0.3 is 7.12 Å². The summed E-state index contributed by atoms with van der Waals surface area (Å²) in [5.41, 5.74) is 0.545. The van der Waals surface area contributed by atoms with Gasteiger partial charge < -0.3 is 10.0 Å². The molecule has 2 N–H and O–H groups in total. The van der Waals surface area contributed by atoms with Gasteiger partial charge in [-0.15, -0.1) is 0 Å². The summed E-state index contributed by atoms with van der Waals surface area (Å²) in [5.74, 6) is -0.536. The first-order valence-corrected chi connectivity index (χ1v) is 4.33. The Hall–Kier alpha value is -1.66. The SMILES string of the molecule is OB(O)c1cc(F)cc(-n2cccn2)c1. The topological polar surface area (TPSA) is 58.3 Å². The van der Waals surface area contributed by atoms with E-state index in [1.807, 2.05) is 0 Å². The molecule has 1 aromatic carbocycles. The first-order chi connectivity index (χ1) is 7.16. The highest BCUT2D eigenvalue weighted by atomic mass is 19.1. The monoisotopic (exact) mass is 206 g/mol. The molecule has 0 aliphatic heterocycles. The predicted octanol–water partition coefficient (Wildman–Crippen LogP) is -0.309. The third-order valence-electron chi connectivity index (χ3n) is 1.97. The van der Waals surface area contributed by atoms with Crippen molar-refractivity contribution in [3.05, 3.63) is 42.5 Å². The van der Waals surface area contributed by atoms with E-state index >= 15 is 0 Å². The molecule has 0 fully saturated rings. The second-order valence-corrected chi connectivity index (χ2v) is 3.07. The maximum atomic E-state index is 13.1. The van der Waals surface area contributed by atoms with Gasteiger partial charge in [0.05, 0.1) is 5.69 Å². The van der Waals surface area contributed by atoms with E-state index in [0.29, 0.717) is 5.69 Å². The van der Waals surface area contributed by atoms with Gasteiger partial charge in [-0.05, 0) is 29.7 Å². The van der Waals surface area contributed by atoms with Crippen molar-refractivity contribution < 1.29 is 14.4 Å². The molecule has 0 saturated carbocycles. The van der Waals surface area contributed by atoms with E-state index in [9.17, 15) is 4.39 Å². The highest BCUT2D eigenvalue weighted by molar-refractivity contribution is 6.58. The summed E-state index contributed by atoms with van der Waals surface area (Å²) in [6.45, 7) is 0. The molecule has 0 amide bonds. The minimum absolute atomic E-state index is 0.0977. The van der Waals surface area contributed by atoms with E-state index in [4.69, 9.17) is 10.0 Å². The number of hydrogen-bond acceptors (Lipinski definition) is 3. The van der Waals surface area contributed by atoms with Crippen LogP contribution in [0.1, 0.15) is 0 Å². The van der Waals surface area contributed by atoms with Crippen molar-refractivity contribution in [2.45, 2.75) is 0 Å². The molecule has 0 radical (unpaired) electrons. The summed E-state index contributed by atoms with van der Waals surface area (Å²) in [6.07, 6.45) is 3.20. The Morgan fingerprint density at radius 3 is 2.67 bits per heavy atom. The third kappa shape index (κ3) is 2.06. The molecule has 0 atom stereocenters. The van der Waals surface area contributed by atoms with E-state index in [0.717, 1.165) is 6.07 Å². The van der Waals surface area contributed by atoms with Crippen molar-refractivity contribution in [1.82, 2.24) is 9.78 Å². The lowest BCUT2D eigenvalue weighted by molar-refractivity contribution is 0.425. The van der Waals surface area contributed by atoms with Crippen molar-refractivity contribution in [1.29, 1.82) is 0 Å². The van der Waals surface area contributed by atoms with Crippen LogP contribution in [-0.2, 0) is 0 Å². The molecule has 0 aliphatic rings. The van der Waals surface area contributed by atoms with Gasteiger partial charge in [0.2, 0.25) is 0 Å². The van der Waals surface area contributed by atoms with Gasteiger partial charge in [0, 0.05) is 12.4 Å². The lowest BCUT2D eigenvalue weighted by atomic mass is 9.80. The smallest absolute Gasteiger partial charge is 0.423 e. The minimum Gasteiger partial charge on any atom is -0.423 e. The molecule has 0 saturated heterocycles. The quantitative estimate of drug-likeness (QED) is 0.662. The molecule has 1 aromatic heterocycles. The van der Waals surface area contributed by atoms with E-state index < -0.39 is 12.9 Å². The Balaban J connectivity index is 2.49. The molecule has 2 rings (SSSR count). The molecule has 15 heavy (non-hydrogen) atoms. The molecule has 6 heteroatoms. The molecule has 0 aliphatic carbocycles. The molecule has 4 nitrogen and oxygen atoms in total. The fourth-order valence-electron chi connectivity index (χ4n) is 1.30. The van der Waals surface area contributed by atoms with Crippen molar-refractivity contribution >= 4 is 12.6 Å². The second kappa shape index (κ2) is 3.84. The van der Waals surface area contributed by atoms with Crippen LogP contribution in [0.4, 0.5) is 4.39 Å². The molecule has 2 aromatic rings. The zero-order valence-electron chi connectivity index (χ0n) is 7.71. The van der Waals surface area contributed by atoms with E-state index in [2.05, 4.69) is 5.10 Å². The van der Waals surface area contributed by atoms with Crippen LogP contribution in [0.25, 0.3) is 5.69 Å². The Labute approximate surface area is 85.7 Å². The Bertz CT molecular complexity index is 459. The van der Waals surface area contributed by atoms with Crippen LogP contribution in [0, 0.1) is 5.82 Å². The van der Waals surface area contributed by atoms with Gasteiger partial charge in [-0.2, -0.15) is 5.10 Å². The number of halogens is 1. The van der Waals surface area contributed by atoms with E-state index in [-0.39, 0.29) is 5.46 Å². The standard InChI is InChI=1S/C9H8BFN2O2/c11-8-4-7(10(14)15)5-9(6-8)13-3-1-2-12-13/h1-6,14-15H. The highest BCUT2D eigenvalue weighted by Gasteiger charge is 2.13. The molecule has 0 bridgehead atoms. The van der Waals surface area contributed by atoms with Gasteiger partial charge in [-0.3, -0.25) is 0 Å². The lowest BCUT2D eigenvalue weighted by Gasteiger charge is -2.05. The van der Waals surface area contributed by atoms with Crippen molar-refractivity contribution in [3.8, 4) is 5.69 Å². The maximum Gasteiger partial charge on any atom is 0.488 e. The number of aromatic nitrogens is 2. The molecule has 1 heterocycles. The zero-order chi connectivity index (χ0) is 10.8. The van der Waals surface area contributed by atoms with Crippen molar-refractivity contribution in [2.75, 3.05) is 0 Å². The predicted molar refractivity (Wildman–Crippen MR) is 53.3 cm³/mol. The van der Waals surface area contributed by atoms with Crippen LogP contribution >= 0.6 is 0 Å². The normalized spacial score (nSPS) is 10.3. The van der Waals surface area contributed by atoms with Crippen LogP contribution in [0.5, 0.6) is 0 Å². The number of nitrogens with zero attached hydrogens (tertiary/aromatic N) is 2. The lowest BCUT2D eigenvalue weighted by Crippen LogP contribution is -2.30. The summed E-state index contributed by atoms with van der Waals surface area (Å²) < 4.78 is 14.6. The number of rotatable bonds is 2. The zero-order valence-corrected chi connectivity index (χ0v) is 7.71. The Morgan fingerprint density at radius 2 is 2.07 bits per heavy atom. The first-order valence-electron chi connectivity index (χ1n) is 4.33. The molecular formula is C9H8BFN2O2. The molecule has 0 unspecified atom stereocenters. The van der Waals surface area contributed by atoms with Gasteiger partial charge in [0.1, 0.15) is 5.82 Å². The van der Waals surface area contributed by atoms with Gasteiger partial charge in [0.15, 0.2) is 0 Å². The van der Waals surface area contributed by atoms with E-state index in [1.54, 1.807) is 18.5 Å². The van der Waals surface area contributed by atoms with Crippen LogP contribution in [0.3, 0.4) is 0 Å². The highest BCUT2D eigenvalue weighted by Crippen LogP contribution is 2.06. The minimum atomic E-state index is -1.69. The number of benzene rings is 1. The average Bonchev–Trinajstić information content (AvgIpc) is 2.69. The molecule has 76 valence electrons. The van der Waals surface area contributed by atoms with E-state index in [1.165, 1.54) is 16.8 Å². The van der Waals surface area contributed by atoms with Crippen LogP contribution < -0.4 is 5.46 Å². The van der Waals surface area contributed by atoms with Crippen molar-refractivity contribution in [3.63, 3.8) is 0 Å². The summed E-state index contributed by atoms with van der Waals surface area (Å²) in [5, 5.41) is 21.8. The summed E-state index contributed by atoms with van der Waals surface area (Å²) in [4.78, 5) is 0. The molecular weight excluding hydrogens is 198 g/mol. The number of hydrogen-bond donors (Lipinski definition) is 2. The van der Waals surface area contributed by atoms with Crippen LogP contribution in [0.15, 0.2) is 36.7 Å². The summed E-state index contributed by atoms with van der Waals surface area (Å²) in [6, 6.07) is 5.48. The van der Waals surface area contributed by atoms with Gasteiger partial charge in [0.25, 0.3) is 0 Å². The Morgan fingerprint density at radius 1 is 1.27 bits per heavy atom. The average molecular weight is 206 g/mol. The fraction of sp³-hybridized carbons (Fsp3) is 0. The van der Waals surface area contributed by atoms with Crippen molar-refractivity contribution in [2.24, 2.45) is 0 Å². The maximum absolute atomic E-state index is 13.1. The van der Waals surface area contributed by atoms with Gasteiger partial charge in [-0.25, -0.2) is 9.07 Å². The Kier molecular flexibility index (Phi) is 2.53. The first kappa shape index (κ1) is 9.88. The van der Waals surface area contributed by atoms with Gasteiger partial charge in [-0.1, -0.05) is 0 Å². The second-order valence-electron chi connectivity index (χ2n) is 3.07.